The molecule has 2 aliphatic carbocycles. The maximum absolute atomic E-state index is 15.5. The van der Waals surface area contributed by atoms with E-state index >= 15 is 28.8 Å². The van der Waals surface area contributed by atoms with Crippen LogP contribution in [0.15, 0.2) is 54.6 Å². The fourth-order valence-corrected chi connectivity index (χ4v) is 14.9. The maximum Gasteiger partial charge on any atom is 0.419 e. The summed E-state index contributed by atoms with van der Waals surface area (Å²) in [6, 6.07) is -0.250. The number of carbonyl (C=O) groups is 12. The minimum atomic E-state index is -4.79. The van der Waals surface area contributed by atoms with E-state index in [1.165, 1.54) is 97.9 Å². The van der Waals surface area contributed by atoms with Crippen LogP contribution in [0.2, 0.25) is 0 Å². The second kappa shape index (κ2) is 36.6. The van der Waals surface area contributed by atoms with Gasteiger partial charge in [0.1, 0.15) is 54.1 Å². The molecule has 5 aliphatic rings. The number of ether oxygens (including phenoxy) is 3. The van der Waals surface area contributed by atoms with Crippen molar-refractivity contribution < 1.29 is 84.9 Å². The SMILES string of the molecule is CCO[C@@H]1C[C@H]2C(=O)OC3(CCC3)C(=O)N(C)[C@@H](C3CCCC3)C(=O)N(C)[C@H](C(=O)N(C)C)CC(=O)N(C)[C@@H](CC(C)C)C(=O)N[C@@H]([C@@H](C)CC)C(=O)N(C)CC(=O)N(C)[C@H]3C/C=C\CCN(C3=O)[C@@H](Cc3ccc(C)cc3)C(=O)N(C)CC(=O)N[C@@H](CCc3ccc(C(F)(F)F)c(OC)c3)C(=O)N2C1. The first-order valence-electron chi connectivity index (χ1n) is 36.7. The van der Waals surface area contributed by atoms with Crippen molar-refractivity contribution in [2.75, 3.05) is 96.3 Å². The summed E-state index contributed by atoms with van der Waals surface area (Å²) in [7, 11) is 12.4. The summed E-state index contributed by atoms with van der Waals surface area (Å²) >= 11 is 0. The summed E-state index contributed by atoms with van der Waals surface area (Å²) in [6.07, 6.45) is 0.367. The van der Waals surface area contributed by atoms with Crippen molar-refractivity contribution in [2.45, 2.75) is 210 Å². The molecule has 2 aromatic carbocycles. The highest BCUT2D eigenvalue weighted by atomic mass is 19.4. The van der Waals surface area contributed by atoms with Crippen LogP contribution in [0.1, 0.15) is 147 Å². The number of benzene rings is 2. The molecular weight excluding hydrogens is 1360 g/mol. The Hall–Kier alpha value is -8.63. The summed E-state index contributed by atoms with van der Waals surface area (Å²) in [5, 5.41) is 5.66. The Kier molecular flexibility index (Phi) is 29.1. The van der Waals surface area contributed by atoms with E-state index in [4.69, 9.17) is 14.2 Å². The van der Waals surface area contributed by atoms with Gasteiger partial charge in [-0.2, -0.15) is 13.2 Å². The number of hydrogen-bond acceptors (Lipinski definition) is 15. The van der Waals surface area contributed by atoms with E-state index in [2.05, 4.69) is 10.6 Å². The van der Waals surface area contributed by atoms with Crippen LogP contribution in [-0.2, 0) is 86.0 Å². The van der Waals surface area contributed by atoms with E-state index in [1.807, 2.05) is 45.9 Å². The highest BCUT2D eigenvalue weighted by molar-refractivity contribution is 6.00. The lowest BCUT2D eigenvalue weighted by molar-refractivity contribution is -0.190. The van der Waals surface area contributed by atoms with E-state index in [9.17, 15) is 41.9 Å². The van der Waals surface area contributed by atoms with Gasteiger partial charge in [-0.15, -0.1) is 0 Å². The zero-order chi connectivity index (χ0) is 77.7. The first-order valence-corrected chi connectivity index (χ1v) is 36.7. The number of esters is 1. The smallest absolute Gasteiger partial charge is 0.419 e. The molecule has 11 amide bonds. The molecule has 1 spiro atoms. The topological polar surface area (TPSA) is 286 Å². The third kappa shape index (κ3) is 20.3. The Morgan fingerprint density at radius 2 is 1.37 bits per heavy atom. The van der Waals surface area contributed by atoms with Crippen LogP contribution in [0.3, 0.4) is 0 Å². The molecule has 4 fully saturated rings. The molecule has 29 heteroatoms. The maximum atomic E-state index is 15.5. The van der Waals surface area contributed by atoms with Gasteiger partial charge in [-0.25, -0.2) is 4.79 Å². The largest absolute Gasteiger partial charge is 0.496 e. The lowest BCUT2D eigenvalue weighted by atomic mass is 9.78. The average Bonchev–Trinajstić information content (AvgIpc) is 1.70. The first-order chi connectivity index (χ1) is 49.5. The molecule has 10 atom stereocenters. The van der Waals surface area contributed by atoms with Gasteiger partial charge in [0.25, 0.3) is 5.91 Å². The molecule has 580 valence electrons. The number of halogens is 3. The Morgan fingerprint density at radius 1 is 0.724 bits per heavy atom. The van der Waals surface area contributed by atoms with Crippen molar-refractivity contribution in [3.8, 4) is 5.75 Å². The first kappa shape index (κ1) is 83.6. The van der Waals surface area contributed by atoms with Crippen molar-refractivity contribution >= 4 is 70.9 Å². The van der Waals surface area contributed by atoms with Crippen LogP contribution in [0, 0.1) is 24.7 Å². The number of nitrogens with one attached hydrogen (secondary N) is 2. The van der Waals surface area contributed by atoms with Gasteiger partial charge < -0.3 is 68.9 Å². The fourth-order valence-electron chi connectivity index (χ4n) is 14.9. The van der Waals surface area contributed by atoms with E-state index in [0.29, 0.717) is 44.1 Å². The van der Waals surface area contributed by atoms with Gasteiger partial charge in [0.05, 0.1) is 38.3 Å². The number of fused-ring (bicyclic) bond motifs is 3. The molecule has 26 nitrogen and oxygen atoms in total. The summed E-state index contributed by atoms with van der Waals surface area (Å²) in [5.74, 6) is -10.5. The average molecular weight is 1470 g/mol. The van der Waals surface area contributed by atoms with Crippen molar-refractivity contribution in [1.29, 1.82) is 0 Å². The molecule has 2 bridgehead atoms. The van der Waals surface area contributed by atoms with Crippen molar-refractivity contribution in [1.82, 2.24) is 54.7 Å². The molecule has 2 N–H and O–H groups in total. The molecule has 2 saturated carbocycles. The summed E-state index contributed by atoms with van der Waals surface area (Å²) in [5.41, 5.74) is -1.09. The van der Waals surface area contributed by atoms with E-state index in [1.54, 1.807) is 32.1 Å². The van der Waals surface area contributed by atoms with Crippen molar-refractivity contribution in [2.24, 2.45) is 17.8 Å². The summed E-state index contributed by atoms with van der Waals surface area (Å²) in [6.45, 7) is 9.48. The molecule has 0 aromatic heterocycles. The Balaban J connectivity index is 1.34. The van der Waals surface area contributed by atoms with Crippen LogP contribution in [0.4, 0.5) is 13.2 Å². The lowest BCUT2D eigenvalue weighted by Gasteiger charge is -2.45. The zero-order valence-electron chi connectivity index (χ0n) is 63.8. The number of methoxy groups -OCH3 is 1. The molecule has 3 heterocycles. The highest BCUT2D eigenvalue weighted by Gasteiger charge is 2.55. The molecule has 0 unspecified atom stereocenters. The van der Waals surface area contributed by atoms with Gasteiger partial charge >= 0.3 is 12.1 Å². The van der Waals surface area contributed by atoms with Gasteiger partial charge in [0.2, 0.25) is 59.1 Å². The molecule has 3 aliphatic heterocycles. The third-order valence-electron chi connectivity index (χ3n) is 21.6. The van der Waals surface area contributed by atoms with Crippen molar-refractivity contribution in [3.63, 3.8) is 0 Å². The quantitative estimate of drug-likeness (QED) is 0.182. The zero-order valence-corrected chi connectivity index (χ0v) is 63.8. The monoisotopic (exact) mass is 1470 g/mol. The molecule has 2 aromatic rings. The molecule has 2 saturated heterocycles. The van der Waals surface area contributed by atoms with E-state index in [0.717, 1.165) is 33.4 Å². The van der Waals surface area contributed by atoms with Gasteiger partial charge in [-0.1, -0.05) is 95.0 Å². The van der Waals surface area contributed by atoms with Crippen LogP contribution >= 0.6 is 0 Å². The normalized spacial score (nSPS) is 26.3. The number of rotatable bonds is 14. The number of likely N-dealkylation sites (N-methyl/N-ethyl adjacent to an activating group) is 7. The van der Waals surface area contributed by atoms with E-state index < -0.39 is 180 Å². The number of nitrogens with zero attached hydrogens (tertiary/aromatic N) is 9. The third-order valence-corrected chi connectivity index (χ3v) is 21.6. The van der Waals surface area contributed by atoms with Crippen LogP contribution in [0.25, 0.3) is 0 Å². The Labute approximate surface area is 615 Å². The predicted molar refractivity (Wildman–Crippen MR) is 383 cm³/mol. The number of carbonyl (C=O) groups excluding carboxylic acids is 12. The fraction of sp³-hybridized carbons (Fsp3) is 0.658. The van der Waals surface area contributed by atoms with Gasteiger partial charge in [0, 0.05) is 88.9 Å². The molecule has 7 rings (SSSR count). The second-order valence-electron chi connectivity index (χ2n) is 29.8. The van der Waals surface area contributed by atoms with Gasteiger partial charge in [-0.05, 0) is 119 Å². The minimum absolute atomic E-state index is 0.00247. The highest BCUT2D eigenvalue weighted by Crippen LogP contribution is 2.42. The predicted octanol–water partition coefficient (Wildman–Crippen LogP) is 5.19. The molecule has 0 radical (unpaired) electrons. The standard InChI is InChI=1S/C76H110F3N11O15/c1-16-48(6)64-71(99)84(10)45-63(93)85(11)55-26-19-18-22-37-89(70(55)98)58(39-49-29-27-47(5)28-30-49)69(97)83(9)44-61(91)80-54(34-32-50-31-33-53(76(77,78)79)60(40-50)103-15)67(95)90-43-52(104-17-2)41-59(90)73(101)105-75(35-23-36-75)74(102)88(14)65(51-24-20-21-25-51)72(100)87(13)57(68(96)82(7)8)42-62(92)86(12)56(38-46(3)4)66(94)81-64/h18-19,27-31,33,40,46,48,51-52,54-59,64-65H,16-17,20-26,32,34-39,41-45H2,1-15H3,(H,80,91)(H,81,94)/b19-18-/t48-,52+,54-,55-,56-,57-,58-,59-,64-,65-/m0/s1. The van der Waals surface area contributed by atoms with Crippen LogP contribution in [0.5, 0.6) is 5.75 Å². The summed E-state index contributed by atoms with van der Waals surface area (Å²) in [4.78, 5) is 192. The lowest BCUT2D eigenvalue weighted by Crippen LogP contribution is -2.63. The number of amides is 11. The number of alkyl halides is 3. The van der Waals surface area contributed by atoms with Gasteiger partial charge in [-0.3, -0.25) is 52.7 Å². The second-order valence-corrected chi connectivity index (χ2v) is 29.8. The molecular formula is C76H110F3N11O15. The van der Waals surface area contributed by atoms with Crippen LogP contribution in [-0.4, -0.2) is 271 Å². The van der Waals surface area contributed by atoms with Crippen LogP contribution < -0.4 is 15.4 Å². The van der Waals surface area contributed by atoms with Crippen molar-refractivity contribution in [3.05, 3.63) is 76.9 Å². The number of hydrogen-bond donors (Lipinski definition) is 2. The minimum Gasteiger partial charge on any atom is -0.496 e. The Bertz CT molecular complexity index is 3510. The Morgan fingerprint density at radius 3 is 1.96 bits per heavy atom. The van der Waals surface area contributed by atoms with Gasteiger partial charge in [0.15, 0.2) is 5.60 Å². The summed E-state index contributed by atoms with van der Waals surface area (Å²) < 4.78 is 60.0. The number of aryl methyl sites for hydroxylation is 2. The van der Waals surface area contributed by atoms with E-state index in [-0.39, 0.29) is 89.0 Å². The molecule has 105 heavy (non-hydrogen) atoms.